The summed E-state index contributed by atoms with van der Waals surface area (Å²) >= 11 is 0. The van der Waals surface area contributed by atoms with E-state index in [2.05, 4.69) is 0 Å². The molecule has 2 fully saturated rings. The first-order valence-corrected chi connectivity index (χ1v) is 9.56. The number of hydrogen-bond donors (Lipinski definition) is 1. The highest BCUT2D eigenvalue weighted by Crippen LogP contribution is 2.28. The normalized spacial score (nSPS) is 30.2. The van der Waals surface area contributed by atoms with Gasteiger partial charge in [-0.1, -0.05) is 18.2 Å². The number of nitrogens with zero attached hydrogens (tertiary/aromatic N) is 2. The van der Waals surface area contributed by atoms with Crippen molar-refractivity contribution in [2.75, 3.05) is 39.4 Å². The zero-order valence-electron chi connectivity index (χ0n) is 13.8. The van der Waals surface area contributed by atoms with E-state index in [-0.39, 0.29) is 13.1 Å². The van der Waals surface area contributed by atoms with Crippen molar-refractivity contribution in [1.82, 2.24) is 8.61 Å². The van der Waals surface area contributed by atoms with Gasteiger partial charge in [0.05, 0.1) is 19.8 Å². The van der Waals surface area contributed by atoms with E-state index in [1.54, 1.807) is 19.1 Å². The fourth-order valence-electron chi connectivity index (χ4n) is 2.96. The van der Waals surface area contributed by atoms with Crippen molar-refractivity contribution >= 4 is 10.2 Å². The molecule has 3 rings (SSSR count). The summed E-state index contributed by atoms with van der Waals surface area (Å²) in [5.74, 6) is 0.619. The molecule has 1 aromatic rings. The number of rotatable bonds is 4. The van der Waals surface area contributed by atoms with Gasteiger partial charge in [0.1, 0.15) is 17.5 Å². The fraction of sp³-hybridized carbons (Fsp3) is 0.625. The minimum absolute atomic E-state index is 0.127. The molecule has 8 heteroatoms. The molecule has 0 radical (unpaired) electrons. The second kappa shape index (κ2) is 6.97. The van der Waals surface area contributed by atoms with E-state index >= 15 is 0 Å². The van der Waals surface area contributed by atoms with Crippen molar-refractivity contribution in [2.24, 2.45) is 0 Å². The van der Waals surface area contributed by atoms with Gasteiger partial charge in [0.25, 0.3) is 10.2 Å². The molecule has 2 atom stereocenters. The molecule has 1 aromatic carbocycles. The molecule has 0 spiro atoms. The van der Waals surface area contributed by atoms with E-state index < -0.39 is 21.9 Å². The number of hydrogen-bond acceptors (Lipinski definition) is 5. The largest absolute Gasteiger partial charge is 0.486 e. The van der Waals surface area contributed by atoms with Crippen LogP contribution < -0.4 is 4.74 Å². The quantitative estimate of drug-likeness (QED) is 0.848. The maximum absolute atomic E-state index is 12.8. The fourth-order valence-corrected chi connectivity index (χ4v) is 4.55. The highest BCUT2D eigenvalue weighted by atomic mass is 32.2. The molecule has 24 heavy (non-hydrogen) atoms. The lowest BCUT2D eigenvalue weighted by Gasteiger charge is -2.43. The Morgan fingerprint density at radius 1 is 1.17 bits per heavy atom. The van der Waals surface area contributed by atoms with Crippen LogP contribution in [-0.2, 0) is 14.9 Å². The molecule has 0 unspecified atom stereocenters. The Balaban J connectivity index is 1.74. The summed E-state index contributed by atoms with van der Waals surface area (Å²) in [7, 11) is -3.56. The van der Waals surface area contributed by atoms with Gasteiger partial charge in [0, 0.05) is 19.6 Å². The van der Waals surface area contributed by atoms with Crippen LogP contribution in [0.1, 0.15) is 13.3 Å². The third-order valence-corrected chi connectivity index (χ3v) is 6.58. The Kier molecular flexibility index (Phi) is 5.12. The van der Waals surface area contributed by atoms with Crippen LogP contribution in [0.25, 0.3) is 0 Å². The highest BCUT2D eigenvalue weighted by molar-refractivity contribution is 7.86. The molecular formula is C16H24N2O5S. The Morgan fingerprint density at radius 2 is 1.83 bits per heavy atom. The Bertz CT molecular complexity index is 644. The zero-order chi connectivity index (χ0) is 17.2. The van der Waals surface area contributed by atoms with E-state index in [1.807, 2.05) is 18.2 Å². The van der Waals surface area contributed by atoms with Gasteiger partial charge in [-0.05, 0) is 25.5 Å². The van der Waals surface area contributed by atoms with Crippen LogP contribution in [0.3, 0.4) is 0 Å². The SMILES string of the molecule is C[C@@]1(O)CCN(S(=O)(=O)N2CCOCC2)C[C@H]1Oc1ccccc1. The average molecular weight is 356 g/mol. The maximum Gasteiger partial charge on any atom is 0.282 e. The number of benzene rings is 1. The molecular weight excluding hydrogens is 332 g/mol. The first kappa shape index (κ1) is 17.6. The van der Waals surface area contributed by atoms with Gasteiger partial charge in [-0.15, -0.1) is 0 Å². The maximum atomic E-state index is 12.8. The molecule has 2 saturated heterocycles. The second-order valence-corrected chi connectivity index (χ2v) is 8.33. The summed E-state index contributed by atoms with van der Waals surface area (Å²) in [5, 5.41) is 10.6. The van der Waals surface area contributed by atoms with Crippen LogP contribution >= 0.6 is 0 Å². The Morgan fingerprint density at radius 3 is 2.50 bits per heavy atom. The van der Waals surface area contributed by atoms with Crippen LogP contribution in [0.4, 0.5) is 0 Å². The molecule has 0 saturated carbocycles. The number of para-hydroxylation sites is 1. The lowest BCUT2D eigenvalue weighted by molar-refractivity contribution is -0.0819. The van der Waals surface area contributed by atoms with Crippen LogP contribution in [0, 0.1) is 0 Å². The van der Waals surface area contributed by atoms with Gasteiger partial charge >= 0.3 is 0 Å². The van der Waals surface area contributed by atoms with Crippen molar-refractivity contribution in [3.05, 3.63) is 30.3 Å². The van der Waals surface area contributed by atoms with Crippen molar-refractivity contribution in [3.8, 4) is 5.75 Å². The Hall–Kier alpha value is -1.19. The first-order valence-electron chi connectivity index (χ1n) is 8.17. The molecule has 7 nitrogen and oxygen atoms in total. The third-order valence-electron chi connectivity index (χ3n) is 4.57. The first-order chi connectivity index (χ1) is 11.4. The van der Waals surface area contributed by atoms with E-state index in [0.717, 1.165) is 0 Å². The standard InChI is InChI=1S/C16H24N2O5S/c1-16(19)7-8-18(24(20,21)17-9-11-22-12-10-17)13-15(16)23-14-5-3-2-4-6-14/h2-6,15,19H,7-13H2,1H3/t15-,16-/m1/s1. The summed E-state index contributed by atoms with van der Waals surface area (Å²) in [6.07, 6.45) is -0.293. The topological polar surface area (TPSA) is 79.3 Å². The number of ether oxygens (including phenoxy) is 2. The number of aliphatic hydroxyl groups is 1. The van der Waals surface area contributed by atoms with Gasteiger partial charge in [0.2, 0.25) is 0 Å². The molecule has 1 N–H and O–H groups in total. The number of morpholine rings is 1. The molecule has 0 amide bonds. The molecule has 0 aromatic heterocycles. The monoisotopic (exact) mass is 356 g/mol. The van der Waals surface area contributed by atoms with Crippen LogP contribution in [0.5, 0.6) is 5.75 Å². The van der Waals surface area contributed by atoms with E-state index in [1.165, 1.54) is 8.61 Å². The van der Waals surface area contributed by atoms with Crippen molar-refractivity contribution in [1.29, 1.82) is 0 Å². The molecule has 0 bridgehead atoms. The number of piperidine rings is 1. The minimum atomic E-state index is -3.56. The molecule has 134 valence electrons. The second-order valence-electron chi connectivity index (χ2n) is 6.40. The van der Waals surface area contributed by atoms with E-state index in [4.69, 9.17) is 9.47 Å². The van der Waals surface area contributed by atoms with Crippen LogP contribution in [0.15, 0.2) is 30.3 Å². The smallest absolute Gasteiger partial charge is 0.282 e. The zero-order valence-corrected chi connectivity index (χ0v) is 14.6. The van der Waals surface area contributed by atoms with Gasteiger partial charge < -0.3 is 14.6 Å². The molecule has 2 aliphatic rings. The van der Waals surface area contributed by atoms with Crippen molar-refractivity contribution in [3.63, 3.8) is 0 Å². The summed E-state index contributed by atoms with van der Waals surface area (Å²) in [6, 6.07) is 9.16. The average Bonchev–Trinajstić information content (AvgIpc) is 2.58. The van der Waals surface area contributed by atoms with Crippen molar-refractivity contribution < 1.29 is 23.0 Å². The molecule has 0 aliphatic carbocycles. The van der Waals surface area contributed by atoms with Gasteiger partial charge in [-0.2, -0.15) is 17.0 Å². The Labute approximate surface area is 143 Å². The van der Waals surface area contributed by atoms with Crippen LogP contribution in [0.2, 0.25) is 0 Å². The summed E-state index contributed by atoms with van der Waals surface area (Å²) in [4.78, 5) is 0. The van der Waals surface area contributed by atoms with E-state index in [0.29, 0.717) is 38.5 Å². The summed E-state index contributed by atoms with van der Waals surface area (Å²) in [5.41, 5.74) is -1.08. The minimum Gasteiger partial charge on any atom is -0.486 e. The highest BCUT2D eigenvalue weighted by Gasteiger charge is 2.44. The molecule has 2 heterocycles. The predicted molar refractivity (Wildman–Crippen MR) is 89.0 cm³/mol. The van der Waals surface area contributed by atoms with Gasteiger partial charge in [-0.25, -0.2) is 0 Å². The lowest BCUT2D eigenvalue weighted by atomic mass is 9.91. The van der Waals surface area contributed by atoms with E-state index in [9.17, 15) is 13.5 Å². The lowest BCUT2D eigenvalue weighted by Crippen LogP contribution is -2.60. The molecule has 2 aliphatic heterocycles. The predicted octanol–water partition coefficient (Wildman–Crippen LogP) is 0.468. The van der Waals surface area contributed by atoms with Gasteiger partial charge in [-0.3, -0.25) is 0 Å². The summed E-state index contributed by atoms with van der Waals surface area (Å²) in [6.45, 7) is 3.64. The van der Waals surface area contributed by atoms with Gasteiger partial charge in [0.15, 0.2) is 0 Å². The summed E-state index contributed by atoms with van der Waals surface area (Å²) < 4.78 is 39.6. The van der Waals surface area contributed by atoms with Crippen LogP contribution in [-0.4, -0.2) is 73.2 Å². The third kappa shape index (κ3) is 3.73. The van der Waals surface area contributed by atoms with Crippen molar-refractivity contribution in [2.45, 2.75) is 25.0 Å².